The zero-order valence-electron chi connectivity index (χ0n) is 10.9. The van der Waals surface area contributed by atoms with Crippen LogP contribution in [0, 0.1) is 0 Å². The molecule has 3 rings (SSSR count). The van der Waals surface area contributed by atoms with E-state index in [1.165, 1.54) is 12.8 Å². The molecule has 0 bridgehead atoms. The van der Waals surface area contributed by atoms with Gasteiger partial charge in [-0.1, -0.05) is 17.7 Å². The molecule has 0 spiro atoms. The molecule has 1 saturated heterocycles. The maximum Gasteiger partial charge on any atom is 0.255 e. The number of nitrogens with zero attached hydrogens (tertiary/aromatic N) is 3. The molecule has 112 valence electrons. The molecule has 0 aromatic carbocycles. The highest BCUT2D eigenvalue weighted by molar-refractivity contribution is 5.03. The van der Waals surface area contributed by atoms with Crippen LogP contribution in [0.4, 0.5) is 4.39 Å². The second kappa shape index (κ2) is 5.63. The quantitative estimate of drug-likeness (QED) is 0.799. The number of halogens is 1. The van der Waals surface area contributed by atoms with Crippen molar-refractivity contribution in [1.29, 1.82) is 0 Å². The molecule has 2 fully saturated rings. The first kappa shape index (κ1) is 13.7. The van der Waals surface area contributed by atoms with Gasteiger partial charge in [-0.2, -0.15) is 0 Å². The fourth-order valence-electron chi connectivity index (χ4n) is 2.68. The minimum absolute atomic E-state index is 0.326. The molecule has 2 aliphatic rings. The van der Waals surface area contributed by atoms with E-state index in [0.717, 1.165) is 23.4 Å². The fourth-order valence-corrected chi connectivity index (χ4v) is 2.68. The van der Waals surface area contributed by atoms with Crippen LogP contribution in [0.15, 0.2) is 6.20 Å². The highest BCUT2D eigenvalue weighted by Crippen LogP contribution is 2.32. The van der Waals surface area contributed by atoms with Gasteiger partial charge in [-0.05, 0) is 18.1 Å². The molecule has 20 heavy (non-hydrogen) atoms. The molecule has 0 radical (unpaired) electrons. The summed E-state index contributed by atoms with van der Waals surface area (Å²) in [6.07, 6.45) is 0.432. The van der Waals surface area contributed by atoms with Gasteiger partial charge in [0, 0.05) is 5.92 Å². The van der Waals surface area contributed by atoms with Crippen LogP contribution < -0.4 is 4.84 Å². The van der Waals surface area contributed by atoms with E-state index in [2.05, 4.69) is 10.3 Å². The number of hydrogen-bond acceptors (Lipinski definition) is 6. The largest absolute Gasteiger partial charge is 0.387 e. The zero-order chi connectivity index (χ0) is 14.1. The van der Waals surface area contributed by atoms with Gasteiger partial charge in [0.05, 0.1) is 18.5 Å². The van der Waals surface area contributed by atoms with Gasteiger partial charge in [0.1, 0.15) is 12.2 Å². The van der Waals surface area contributed by atoms with Crippen molar-refractivity contribution in [2.75, 3.05) is 6.61 Å². The van der Waals surface area contributed by atoms with Crippen molar-refractivity contribution in [3.05, 3.63) is 11.9 Å². The summed E-state index contributed by atoms with van der Waals surface area (Å²) in [6, 6.07) is 0. The van der Waals surface area contributed by atoms with Gasteiger partial charge >= 0.3 is 0 Å². The van der Waals surface area contributed by atoms with Crippen molar-refractivity contribution in [3.63, 3.8) is 0 Å². The number of hydrogen-bond donors (Lipinski definition) is 2. The standard InChI is InChI=1S/C12H18FN3O4/c13-8-6-19-12(11(18)10(8)17)20-16-5-9(14-15-16)7-3-1-2-4-7/h5,7-8,10-12,17-18H,1-4,6H2/t8-,10+,11-,12+/m1/s1. The van der Waals surface area contributed by atoms with Gasteiger partial charge in [0.15, 0.2) is 6.17 Å². The molecule has 1 saturated carbocycles. The van der Waals surface area contributed by atoms with Crippen LogP contribution in [0.5, 0.6) is 0 Å². The second-order valence-corrected chi connectivity index (χ2v) is 5.33. The van der Waals surface area contributed by atoms with Crippen LogP contribution in [0.1, 0.15) is 37.3 Å². The van der Waals surface area contributed by atoms with Gasteiger partial charge in [0.25, 0.3) is 6.29 Å². The van der Waals surface area contributed by atoms with Gasteiger partial charge in [-0.3, -0.25) is 0 Å². The molecular weight excluding hydrogens is 269 g/mol. The molecule has 1 aromatic rings. The van der Waals surface area contributed by atoms with E-state index in [-0.39, 0.29) is 6.61 Å². The van der Waals surface area contributed by atoms with Gasteiger partial charge < -0.3 is 19.8 Å². The van der Waals surface area contributed by atoms with E-state index in [1.807, 2.05) is 0 Å². The Bertz CT molecular complexity index is 452. The molecule has 1 aliphatic carbocycles. The predicted molar refractivity (Wildman–Crippen MR) is 64.5 cm³/mol. The third kappa shape index (κ3) is 2.63. The maximum absolute atomic E-state index is 13.1. The lowest BCUT2D eigenvalue weighted by Crippen LogP contribution is -2.54. The summed E-state index contributed by atoms with van der Waals surface area (Å²) in [7, 11) is 0. The number of aliphatic hydroxyl groups excluding tert-OH is 2. The van der Waals surface area contributed by atoms with Crippen molar-refractivity contribution in [3.8, 4) is 0 Å². The molecule has 4 atom stereocenters. The zero-order valence-corrected chi connectivity index (χ0v) is 10.9. The van der Waals surface area contributed by atoms with E-state index in [9.17, 15) is 14.6 Å². The Balaban J connectivity index is 1.63. The number of aromatic nitrogens is 3. The van der Waals surface area contributed by atoms with Gasteiger partial charge in [0.2, 0.25) is 0 Å². The second-order valence-electron chi connectivity index (χ2n) is 5.33. The lowest BCUT2D eigenvalue weighted by molar-refractivity contribution is -0.264. The third-order valence-corrected chi connectivity index (χ3v) is 3.90. The van der Waals surface area contributed by atoms with Crippen molar-refractivity contribution >= 4 is 0 Å². The molecule has 2 N–H and O–H groups in total. The highest BCUT2D eigenvalue weighted by Gasteiger charge is 2.40. The summed E-state index contributed by atoms with van der Waals surface area (Å²) in [5.74, 6) is 0.394. The lowest BCUT2D eigenvalue weighted by Gasteiger charge is -2.32. The molecule has 1 aromatic heterocycles. The number of alkyl halides is 1. The van der Waals surface area contributed by atoms with Crippen LogP contribution in [0.3, 0.4) is 0 Å². The monoisotopic (exact) mass is 287 g/mol. The maximum atomic E-state index is 13.1. The van der Waals surface area contributed by atoms with E-state index >= 15 is 0 Å². The lowest BCUT2D eigenvalue weighted by atomic mass is 10.1. The van der Waals surface area contributed by atoms with Crippen LogP contribution >= 0.6 is 0 Å². The fraction of sp³-hybridized carbons (Fsp3) is 0.833. The van der Waals surface area contributed by atoms with Crippen molar-refractivity contribution < 1.29 is 24.2 Å². The summed E-state index contributed by atoms with van der Waals surface area (Å²) in [4.78, 5) is 6.37. The van der Waals surface area contributed by atoms with Crippen molar-refractivity contribution in [2.24, 2.45) is 0 Å². The first-order valence-corrected chi connectivity index (χ1v) is 6.86. The average Bonchev–Trinajstić information content (AvgIpc) is 3.10. The number of rotatable bonds is 3. The summed E-state index contributed by atoms with van der Waals surface area (Å²) in [6.45, 7) is -0.326. The van der Waals surface area contributed by atoms with E-state index < -0.39 is 24.7 Å². The molecule has 8 heteroatoms. The Hall–Kier alpha value is -1.25. The normalized spacial score (nSPS) is 35.4. The first-order valence-electron chi connectivity index (χ1n) is 6.86. The van der Waals surface area contributed by atoms with Crippen LogP contribution in [-0.2, 0) is 4.74 Å². The van der Waals surface area contributed by atoms with Crippen LogP contribution in [-0.4, -0.2) is 56.6 Å². The topological polar surface area (TPSA) is 89.6 Å². The minimum Gasteiger partial charge on any atom is -0.387 e. The molecule has 1 aliphatic heterocycles. The van der Waals surface area contributed by atoms with Crippen molar-refractivity contribution in [2.45, 2.75) is 56.3 Å². The summed E-state index contributed by atoms with van der Waals surface area (Å²) in [5.41, 5.74) is 0.844. The molecular formula is C12H18FN3O4. The average molecular weight is 287 g/mol. The Kier molecular flexibility index (Phi) is 3.86. The summed E-state index contributed by atoms with van der Waals surface area (Å²) >= 11 is 0. The smallest absolute Gasteiger partial charge is 0.255 e. The van der Waals surface area contributed by atoms with Crippen LogP contribution in [0.25, 0.3) is 0 Å². The van der Waals surface area contributed by atoms with E-state index in [4.69, 9.17) is 9.57 Å². The van der Waals surface area contributed by atoms with E-state index in [1.54, 1.807) is 6.20 Å². The third-order valence-electron chi connectivity index (χ3n) is 3.90. The molecule has 0 amide bonds. The predicted octanol–water partition coefficient (Wildman–Crippen LogP) is -0.220. The summed E-state index contributed by atoms with van der Waals surface area (Å²) < 4.78 is 18.1. The van der Waals surface area contributed by atoms with Crippen molar-refractivity contribution in [1.82, 2.24) is 15.2 Å². The number of aliphatic hydroxyl groups is 2. The van der Waals surface area contributed by atoms with Gasteiger partial charge in [-0.15, -0.1) is 5.10 Å². The Morgan fingerprint density at radius 2 is 2.05 bits per heavy atom. The van der Waals surface area contributed by atoms with Gasteiger partial charge in [-0.25, -0.2) is 4.39 Å². The molecule has 0 unspecified atom stereocenters. The van der Waals surface area contributed by atoms with Crippen LogP contribution in [0.2, 0.25) is 0 Å². The SMILES string of the molecule is O[C@@H]1[C@@H](O)[C@H](On2cc(C3CCCC3)nn2)OC[C@H]1F. The minimum atomic E-state index is -1.62. The molecule has 7 nitrogen and oxygen atoms in total. The summed E-state index contributed by atoms with van der Waals surface area (Å²) in [5, 5.41) is 27.0. The number of ether oxygens (including phenoxy) is 1. The highest BCUT2D eigenvalue weighted by atomic mass is 19.1. The van der Waals surface area contributed by atoms with E-state index in [0.29, 0.717) is 5.92 Å². The molecule has 2 heterocycles. The Labute approximate surface area is 115 Å². The Morgan fingerprint density at radius 3 is 2.80 bits per heavy atom. The first-order chi connectivity index (χ1) is 9.65. The Morgan fingerprint density at radius 1 is 1.30 bits per heavy atom.